The van der Waals surface area contributed by atoms with E-state index in [1.807, 2.05) is 24.3 Å². The predicted molar refractivity (Wildman–Crippen MR) is 108 cm³/mol. The van der Waals surface area contributed by atoms with Gasteiger partial charge in [-0.1, -0.05) is 18.2 Å². The average Bonchev–Trinajstić information content (AvgIpc) is 2.63. The van der Waals surface area contributed by atoms with E-state index in [2.05, 4.69) is 10.0 Å². The lowest BCUT2D eigenvalue weighted by molar-refractivity contribution is 0.0954. The number of nitrogens with two attached hydrogens (primary N) is 1. The van der Waals surface area contributed by atoms with Crippen LogP contribution in [-0.4, -0.2) is 41.1 Å². The van der Waals surface area contributed by atoms with Crippen LogP contribution in [0.1, 0.15) is 15.9 Å². The molecule has 0 heterocycles. The molecule has 0 saturated carbocycles. The summed E-state index contributed by atoms with van der Waals surface area (Å²) in [4.78, 5) is 12.3. The van der Waals surface area contributed by atoms with E-state index >= 15 is 0 Å². The number of hydrogen-bond acceptors (Lipinski definition) is 5. The Morgan fingerprint density at radius 2 is 1.81 bits per heavy atom. The van der Waals surface area contributed by atoms with Crippen LogP contribution < -0.4 is 15.8 Å². The summed E-state index contributed by atoms with van der Waals surface area (Å²) in [5.41, 5.74) is 7.67. The number of nitrogens with one attached hydrogen (secondary N) is 2. The maximum absolute atomic E-state index is 12.3. The van der Waals surface area contributed by atoms with Gasteiger partial charge in [0.25, 0.3) is 5.91 Å². The third kappa shape index (κ3) is 7.18. The number of hydrogen-bond donors (Lipinski definition) is 3. The molecule has 0 spiro atoms. The van der Waals surface area contributed by atoms with Gasteiger partial charge in [-0.25, -0.2) is 13.1 Å². The van der Waals surface area contributed by atoms with Gasteiger partial charge >= 0.3 is 0 Å². The van der Waals surface area contributed by atoms with Crippen molar-refractivity contribution < 1.29 is 17.9 Å². The van der Waals surface area contributed by atoms with Crippen LogP contribution in [0, 0.1) is 0 Å². The summed E-state index contributed by atoms with van der Waals surface area (Å²) in [6.07, 6.45) is 0.655. The normalized spacial score (nSPS) is 10.9. The van der Waals surface area contributed by atoms with E-state index in [0.29, 0.717) is 18.7 Å². The van der Waals surface area contributed by atoms with Crippen molar-refractivity contribution in [1.29, 1.82) is 0 Å². The van der Waals surface area contributed by atoms with Gasteiger partial charge in [0, 0.05) is 31.5 Å². The molecule has 1 amide bonds. The van der Waals surface area contributed by atoms with Gasteiger partial charge in [-0.2, -0.15) is 0 Å². The molecule has 2 aromatic rings. The molecular formula is C18H24ClN3O4S. The Hall–Kier alpha value is -2.13. The van der Waals surface area contributed by atoms with E-state index < -0.39 is 10.0 Å². The van der Waals surface area contributed by atoms with Crippen LogP contribution >= 0.6 is 12.4 Å². The fourth-order valence-electron chi connectivity index (χ4n) is 2.27. The third-order valence-corrected chi connectivity index (χ3v) is 5.14. The second-order valence-corrected chi connectivity index (χ2v) is 7.43. The molecule has 9 heteroatoms. The molecule has 0 aromatic heterocycles. The largest absolute Gasteiger partial charge is 0.399 e. The molecule has 2 aromatic carbocycles. The van der Waals surface area contributed by atoms with Gasteiger partial charge in [0.15, 0.2) is 0 Å². The number of rotatable bonds is 9. The zero-order chi connectivity index (χ0) is 19.0. The van der Waals surface area contributed by atoms with Gasteiger partial charge in [-0.15, -0.1) is 12.4 Å². The smallest absolute Gasteiger partial charge is 0.251 e. The molecule has 0 aliphatic heterocycles. The minimum absolute atomic E-state index is 0. The molecule has 0 atom stereocenters. The maximum Gasteiger partial charge on any atom is 0.251 e. The third-order valence-electron chi connectivity index (χ3n) is 3.68. The van der Waals surface area contributed by atoms with Crippen molar-refractivity contribution in [3.8, 4) is 0 Å². The first-order chi connectivity index (χ1) is 12.4. The van der Waals surface area contributed by atoms with Crippen molar-refractivity contribution in [1.82, 2.24) is 10.0 Å². The topological polar surface area (TPSA) is 111 Å². The Bertz CT molecular complexity index is 842. The zero-order valence-corrected chi connectivity index (χ0v) is 16.6. The first-order valence-electron chi connectivity index (χ1n) is 8.13. The molecule has 0 bridgehead atoms. The highest BCUT2D eigenvalue weighted by Gasteiger charge is 2.15. The summed E-state index contributed by atoms with van der Waals surface area (Å²) < 4.78 is 31.6. The number of benzene rings is 2. The molecule has 0 unspecified atom stereocenters. The first kappa shape index (κ1) is 22.9. The minimum atomic E-state index is -3.68. The molecule has 27 heavy (non-hydrogen) atoms. The Morgan fingerprint density at radius 3 is 2.48 bits per heavy atom. The van der Waals surface area contributed by atoms with Crippen molar-refractivity contribution in [3.63, 3.8) is 0 Å². The predicted octanol–water partition coefficient (Wildman–Crippen LogP) is 1.59. The lowest BCUT2D eigenvalue weighted by atomic mass is 10.1. The first-order valence-corrected chi connectivity index (χ1v) is 9.62. The number of anilines is 1. The molecule has 2 rings (SSSR count). The maximum atomic E-state index is 12.3. The average molecular weight is 414 g/mol. The van der Waals surface area contributed by atoms with E-state index in [1.165, 1.54) is 19.2 Å². The molecule has 0 radical (unpaired) electrons. The van der Waals surface area contributed by atoms with E-state index in [4.69, 9.17) is 10.5 Å². The van der Waals surface area contributed by atoms with Crippen molar-refractivity contribution in [2.75, 3.05) is 32.5 Å². The number of sulfonamides is 1. The highest BCUT2D eigenvalue weighted by atomic mass is 35.5. The standard InChI is InChI=1S/C18H23N3O4S.ClH/c1-25-12-11-21-26(23,24)17-4-2-3-15(13-17)18(22)20-10-9-14-5-7-16(19)8-6-14;/h2-8,13,21H,9-12,19H2,1H3,(H,20,22);1H. The fourth-order valence-corrected chi connectivity index (χ4v) is 3.33. The number of methoxy groups -OCH3 is 1. The Kier molecular flexibility index (Phi) is 9.23. The Labute approximate surface area is 165 Å². The summed E-state index contributed by atoms with van der Waals surface area (Å²) in [5, 5.41) is 2.79. The highest BCUT2D eigenvalue weighted by molar-refractivity contribution is 7.89. The van der Waals surface area contributed by atoms with Crippen LogP contribution in [0.4, 0.5) is 5.69 Å². The molecule has 0 aliphatic rings. The lowest BCUT2D eigenvalue weighted by Gasteiger charge is -2.09. The number of nitrogen functional groups attached to an aromatic ring is 1. The SMILES string of the molecule is COCCNS(=O)(=O)c1cccc(C(=O)NCCc2ccc(N)cc2)c1.Cl. The van der Waals surface area contributed by atoms with Gasteiger partial charge in [-0.05, 0) is 42.3 Å². The van der Waals surface area contributed by atoms with E-state index in [1.54, 1.807) is 12.1 Å². The van der Waals surface area contributed by atoms with Gasteiger partial charge in [0.2, 0.25) is 10.0 Å². The number of amides is 1. The van der Waals surface area contributed by atoms with Crippen LogP contribution in [-0.2, 0) is 21.2 Å². The van der Waals surface area contributed by atoms with Crippen molar-refractivity contribution >= 4 is 34.0 Å². The second kappa shape index (κ2) is 10.9. The van der Waals surface area contributed by atoms with Crippen molar-refractivity contribution in [2.24, 2.45) is 0 Å². The molecule has 0 saturated heterocycles. The Morgan fingerprint density at radius 1 is 1.11 bits per heavy atom. The zero-order valence-electron chi connectivity index (χ0n) is 15.0. The fraction of sp³-hybridized carbons (Fsp3) is 0.278. The van der Waals surface area contributed by atoms with Crippen molar-refractivity contribution in [2.45, 2.75) is 11.3 Å². The molecule has 148 valence electrons. The van der Waals surface area contributed by atoms with Gasteiger partial charge < -0.3 is 15.8 Å². The summed E-state index contributed by atoms with van der Waals surface area (Å²) in [5.74, 6) is -0.325. The summed E-state index contributed by atoms with van der Waals surface area (Å²) in [7, 11) is -2.19. The van der Waals surface area contributed by atoms with E-state index in [-0.39, 0.29) is 41.9 Å². The number of carbonyl (C=O) groups is 1. The van der Waals surface area contributed by atoms with Crippen molar-refractivity contribution in [3.05, 3.63) is 59.7 Å². The van der Waals surface area contributed by atoms with E-state index in [0.717, 1.165) is 5.56 Å². The summed E-state index contributed by atoms with van der Waals surface area (Å²) >= 11 is 0. The van der Waals surface area contributed by atoms with Gasteiger partial charge in [-0.3, -0.25) is 4.79 Å². The molecule has 0 fully saturated rings. The van der Waals surface area contributed by atoms with Crippen LogP contribution in [0.25, 0.3) is 0 Å². The molecular weight excluding hydrogens is 390 g/mol. The quantitative estimate of drug-likeness (QED) is 0.427. The summed E-state index contributed by atoms with van der Waals surface area (Å²) in [6, 6.07) is 13.3. The van der Waals surface area contributed by atoms with Crippen LogP contribution in [0.15, 0.2) is 53.4 Å². The summed E-state index contributed by atoms with van der Waals surface area (Å²) in [6.45, 7) is 0.868. The van der Waals surface area contributed by atoms with Crippen LogP contribution in [0.3, 0.4) is 0 Å². The molecule has 7 nitrogen and oxygen atoms in total. The lowest BCUT2D eigenvalue weighted by Crippen LogP contribution is -2.28. The molecule has 0 aliphatic carbocycles. The highest BCUT2D eigenvalue weighted by Crippen LogP contribution is 2.11. The number of carbonyl (C=O) groups excluding carboxylic acids is 1. The van der Waals surface area contributed by atoms with Gasteiger partial charge in [0.05, 0.1) is 11.5 Å². The number of halogens is 1. The molecule has 4 N–H and O–H groups in total. The Balaban J connectivity index is 0.00000364. The second-order valence-electron chi connectivity index (χ2n) is 5.67. The van der Waals surface area contributed by atoms with Crippen LogP contribution in [0.2, 0.25) is 0 Å². The van der Waals surface area contributed by atoms with E-state index in [9.17, 15) is 13.2 Å². The van der Waals surface area contributed by atoms with Gasteiger partial charge in [0.1, 0.15) is 0 Å². The number of ether oxygens (including phenoxy) is 1. The monoisotopic (exact) mass is 413 g/mol. The minimum Gasteiger partial charge on any atom is -0.399 e. The van der Waals surface area contributed by atoms with Crippen LogP contribution in [0.5, 0.6) is 0 Å².